The van der Waals surface area contributed by atoms with E-state index in [9.17, 15) is 0 Å². The second-order valence-electron chi connectivity index (χ2n) is 3.85. The van der Waals surface area contributed by atoms with Gasteiger partial charge < -0.3 is 9.47 Å². The van der Waals surface area contributed by atoms with Crippen LogP contribution in [0.5, 0.6) is 0 Å². The standard InChI is InChI=1S/C11H22O6/c1-2-3-4-5-6-7-8-14-16-17-15-11-12-9-10-13-11/h11H,2-10H2,1H3. The van der Waals surface area contributed by atoms with E-state index in [4.69, 9.17) is 14.4 Å². The summed E-state index contributed by atoms with van der Waals surface area (Å²) in [6.45, 7) is 2.86. The van der Waals surface area contributed by atoms with Crippen molar-refractivity contribution in [1.82, 2.24) is 0 Å². The fourth-order valence-electron chi connectivity index (χ4n) is 1.44. The average Bonchev–Trinajstić information content (AvgIpc) is 2.85. The van der Waals surface area contributed by atoms with Gasteiger partial charge in [0.05, 0.1) is 19.8 Å². The minimum atomic E-state index is -0.812. The van der Waals surface area contributed by atoms with Crippen LogP contribution in [-0.2, 0) is 29.3 Å². The van der Waals surface area contributed by atoms with E-state index in [1.807, 2.05) is 0 Å². The number of rotatable bonds is 11. The highest BCUT2D eigenvalue weighted by molar-refractivity contribution is 4.42. The molecule has 1 aliphatic rings. The summed E-state index contributed by atoms with van der Waals surface area (Å²) >= 11 is 0. The summed E-state index contributed by atoms with van der Waals surface area (Å²) in [6, 6.07) is 0. The van der Waals surface area contributed by atoms with Crippen molar-refractivity contribution in [3.05, 3.63) is 0 Å². The molecule has 1 rings (SSSR count). The van der Waals surface area contributed by atoms with Gasteiger partial charge >= 0.3 is 6.48 Å². The molecule has 1 aliphatic heterocycles. The molecule has 0 atom stereocenters. The molecule has 0 aromatic rings. The zero-order valence-corrected chi connectivity index (χ0v) is 10.4. The normalized spacial score (nSPS) is 16.8. The smallest absolute Gasteiger partial charge is 0.304 e. The third-order valence-electron chi connectivity index (χ3n) is 2.37. The third kappa shape index (κ3) is 8.48. The minimum absolute atomic E-state index is 0.488. The zero-order valence-electron chi connectivity index (χ0n) is 10.4. The Morgan fingerprint density at radius 3 is 2.41 bits per heavy atom. The van der Waals surface area contributed by atoms with Gasteiger partial charge in [-0.05, 0) is 16.5 Å². The van der Waals surface area contributed by atoms with Crippen LogP contribution in [0.4, 0.5) is 0 Å². The first-order valence-electron chi connectivity index (χ1n) is 6.28. The van der Waals surface area contributed by atoms with Gasteiger partial charge in [0, 0.05) is 0 Å². The van der Waals surface area contributed by atoms with Crippen LogP contribution < -0.4 is 0 Å². The lowest BCUT2D eigenvalue weighted by molar-refractivity contribution is -0.662. The lowest BCUT2D eigenvalue weighted by Gasteiger charge is -2.06. The van der Waals surface area contributed by atoms with Crippen molar-refractivity contribution in [3.8, 4) is 0 Å². The molecule has 6 nitrogen and oxygen atoms in total. The number of ether oxygens (including phenoxy) is 2. The summed E-state index contributed by atoms with van der Waals surface area (Å²) in [6.07, 6.45) is 7.17. The Kier molecular flexibility index (Phi) is 9.49. The van der Waals surface area contributed by atoms with Crippen LogP contribution in [0.25, 0.3) is 0 Å². The van der Waals surface area contributed by atoms with Gasteiger partial charge in [-0.1, -0.05) is 39.0 Å². The molecule has 0 spiro atoms. The Hall–Kier alpha value is -0.240. The van der Waals surface area contributed by atoms with Crippen molar-refractivity contribution >= 4 is 0 Å². The summed E-state index contributed by atoms with van der Waals surface area (Å²) in [5, 5.41) is 8.63. The van der Waals surface area contributed by atoms with Crippen LogP contribution in [0.1, 0.15) is 45.4 Å². The molecular weight excluding hydrogens is 228 g/mol. The Bertz CT molecular complexity index is 160. The van der Waals surface area contributed by atoms with E-state index in [2.05, 4.69) is 21.9 Å². The fraction of sp³-hybridized carbons (Fsp3) is 1.00. The predicted octanol–water partition coefficient (Wildman–Crippen LogP) is 2.49. The second-order valence-corrected chi connectivity index (χ2v) is 3.85. The van der Waals surface area contributed by atoms with E-state index in [-0.39, 0.29) is 0 Å². The quantitative estimate of drug-likeness (QED) is 0.319. The van der Waals surface area contributed by atoms with E-state index in [1.165, 1.54) is 25.7 Å². The molecule has 17 heavy (non-hydrogen) atoms. The van der Waals surface area contributed by atoms with Gasteiger partial charge in [0.2, 0.25) is 0 Å². The molecular formula is C11H22O6. The van der Waals surface area contributed by atoms with E-state index >= 15 is 0 Å². The van der Waals surface area contributed by atoms with Crippen LogP contribution in [-0.4, -0.2) is 26.3 Å². The van der Waals surface area contributed by atoms with Crippen LogP contribution in [0, 0.1) is 0 Å². The second kappa shape index (κ2) is 10.9. The molecule has 0 aromatic heterocycles. The fourth-order valence-corrected chi connectivity index (χ4v) is 1.44. The van der Waals surface area contributed by atoms with E-state index in [1.54, 1.807) is 0 Å². The van der Waals surface area contributed by atoms with Crippen molar-refractivity contribution < 1.29 is 29.3 Å². The average molecular weight is 250 g/mol. The van der Waals surface area contributed by atoms with Crippen LogP contribution in [0.3, 0.4) is 0 Å². The minimum Gasteiger partial charge on any atom is -0.326 e. The number of hydrogen-bond donors (Lipinski definition) is 0. The molecule has 0 aliphatic carbocycles. The van der Waals surface area contributed by atoms with Gasteiger partial charge in [-0.15, -0.1) is 4.89 Å². The first kappa shape index (κ1) is 14.8. The van der Waals surface area contributed by atoms with Crippen molar-refractivity contribution in [1.29, 1.82) is 0 Å². The zero-order chi connectivity index (χ0) is 12.2. The lowest BCUT2D eigenvalue weighted by Crippen LogP contribution is -2.13. The lowest BCUT2D eigenvalue weighted by atomic mass is 10.1. The topological polar surface area (TPSA) is 55.4 Å². The molecule has 0 saturated carbocycles. The van der Waals surface area contributed by atoms with Crippen molar-refractivity contribution in [2.45, 2.75) is 51.9 Å². The SMILES string of the molecule is CCCCCCCCOOOOC1OCCO1. The molecule has 0 aromatic carbocycles. The van der Waals surface area contributed by atoms with Gasteiger partial charge in [0.1, 0.15) is 0 Å². The first-order valence-corrected chi connectivity index (χ1v) is 6.28. The van der Waals surface area contributed by atoms with Crippen LogP contribution in [0.15, 0.2) is 0 Å². The maximum absolute atomic E-state index is 4.93. The Labute approximate surface area is 102 Å². The summed E-state index contributed by atoms with van der Waals surface area (Å²) in [4.78, 5) is 9.31. The van der Waals surface area contributed by atoms with Gasteiger partial charge in [-0.2, -0.15) is 0 Å². The molecule has 0 amide bonds. The van der Waals surface area contributed by atoms with E-state index < -0.39 is 6.48 Å². The summed E-state index contributed by atoms with van der Waals surface area (Å²) < 4.78 is 9.86. The molecule has 1 saturated heterocycles. The number of hydrogen-bond acceptors (Lipinski definition) is 6. The summed E-state index contributed by atoms with van der Waals surface area (Å²) in [7, 11) is 0. The van der Waals surface area contributed by atoms with E-state index in [0.29, 0.717) is 19.8 Å². The third-order valence-corrected chi connectivity index (χ3v) is 2.37. The monoisotopic (exact) mass is 250 g/mol. The van der Waals surface area contributed by atoms with Gasteiger partial charge in [0.25, 0.3) is 0 Å². The van der Waals surface area contributed by atoms with Gasteiger partial charge in [-0.25, -0.2) is 4.89 Å². The predicted molar refractivity (Wildman–Crippen MR) is 58.3 cm³/mol. The highest BCUT2D eigenvalue weighted by atomic mass is 17.7. The van der Waals surface area contributed by atoms with Gasteiger partial charge in [-0.3, -0.25) is 0 Å². The molecule has 102 valence electrons. The number of unbranched alkanes of at least 4 members (excludes halogenated alkanes) is 5. The summed E-state index contributed by atoms with van der Waals surface area (Å²) in [5.74, 6) is 0. The van der Waals surface area contributed by atoms with Crippen molar-refractivity contribution in [2.24, 2.45) is 0 Å². The molecule has 1 fully saturated rings. The summed E-state index contributed by atoms with van der Waals surface area (Å²) in [5.41, 5.74) is 0. The largest absolute Gasteiger partial charge is 0.326 e. The molecule has 0 bridgehead atoms. The maximum atomic E-state index is 4.93. The van der Waals surface area contributed by atoms with Gasteiger partial charge in [0.15, 0.2) is 0 Å². The highest BCUT2D eigenvalue weighted by Gasteiger charge is 2.17. The maximum Gasteiger partial charge on any atom is 0.304 e. The van der Waals surface area contributed by atoms with Crippen LogP contribution >= 0.6 is 0 Å². The Morgan fingerprint density at radius 2 is 1.65 bits per heavy atom. The molecule has 0 radical (unpaired) electrons. The highest BCUT2D eigenvalue weighted by Crippen LogP contribution is 2.07. The molecule has 0 unspecified atom stereocenters. The first-order chi connectivity index (χ1) is 8.43. The van der Waals surface area contributed by atoms with E-state index in [0.717, 1.165) is 12.8 Å². The Morgan fingerprint density at radius 1 is 0.941 bits per heavy atom. The van der Waals surface area contributed by atoms with Crippen molar-refractivity contribution in [3.63, 3.8) is 0 Å². The molecule has 0 N–H and O–H groups in total. The van der Waals surface area contributed by atoms with Crippen LogP contribution in [0.2, 0.25) is 0 Å². The van der Waals surface area contributed by atoms with Crippen molar-refractivity contribution in [2.75, 3.05) is 19.8 Å². The Balaban J connectivity index is 1.69. The molecule has 6 heteroatoms. The molecule has 1 heterocycles.